The van der Waals surface area contributed by atoms with Crippen LogP contribution in [0.3, 0.4) is 0 Å². The zero-order valence-corrected chi connectivity index (χ0v) is 5.46. The van der Waals surface area contributed by atoms with E-state index in [4.69, 9.17) is 5.73 Å². The van der Waals surface area contributed by atoms with Crippen LogP contribution >= 0.6 is 0 Å². The van der Waals surface area contributed by atoms with Gasteiger partial charge >= 0.3 is 0 Å². The van der Waals surface area contributed by atoms with E-state index >= 15 is 0 Å². The first-order valence-corrected chi connectivity index (χ1v) is 2.95. The molecular formula is C8H14N2. The van der Waals surface area contributed by atoms with Crippen molar-refractivity contribution < 1.29 is 0 Å². The molecule has 10 heavy (non-hydrogen) atoms. The zero-order chi connectivity index (χ0) is 6.69. The Morgan fingerprint density at radius 2 is 2.30 bits per heavy atom. The van der Waals surface area contributed by atoms with Crippen LogP contribution in [0.25, 0.3) is 0 Å². The maximum Gasteiger partial charge on any atom is 0.0417 e. The summed E-state index contributed by atoms with van der Waals surface area (Å²) in [5.41, 5.74) is 7.56. The van der Waals surface area contributed by atoms with Gasteiger partial charge in [0.15, 0.2) is 0 Å². The molecule has 0 fully saturated rings. The van der Waals surface area contributed by atoms with Crippen LogP contribution in [0.4, 0.5) is 0 Å². The highest BCUT2D eigenvalue weighted by atomic mass is 14.7. The van der Waals surface area contributed by atoms with Crippen molar-refractivity contribution in [3.05, 3.63) is 29.6 Å². The van der Waals surface area contributed by atoms with Gasteiger partial charge in [-0.05, 0) is 18.6 Å². The van der Waals surface area contributed by atoms with Crippen molar-refractivity contribution in [2.45, 2.75) is 20.9 Å². The monoisotopic (exact) mass is 138 g/mol. The molecule has 0 bridgehead atoms. The minimum Gasteiger partial charge on any atom is -0.326 e. The van der Waals surface area contributed by atoms with E-state index in [1.807, 2.05) is 19.1 Å². The van der Waals surface area contributed by atoms with E-state index in [0.717, 1.165) is 11.3 Å². The van der Waals surface area contributed by atoms with Crippen LogP contribution in [-0.2, 0) is 6.54 Å². The van der Waals surface area contributed by atoms with Crippen LogP contribution in [0.2, 0.25) is 0 Å². The maximum absolute atomic E-state index is 5.41. The van der Waals surface area contributed by atoms with Crippen molar-refractivity contribution in [2.75, 3.05) is 0 Å². The summed E-state index contributed by atoms with van der Waals surface area (Å²) < 4.78 is 0. The summed E-state index contributed by atoms with van der Waals surface area (Å²) in [4.78, 5) is 4.07. The normalized spacial score (nSPS) is 8.60. The standard InChI is InChI=1S/C7H10N2.CH4/c1-6-7(5-8)3-2-4-9-6;/h2-4H,5,8H2,1H3;1H4. The lowest BCUT2D eigenvalue weighted by molar-refractivity contribution is 1.01. The van der Waals surface area contributed by atoms with Crippen molar-refractivity contribution in [2.24, 2.45) is 5.73 Å². The lowest BCUT2D eigenvalue weighted by Gasteiger charge is -1.97. The summed E-state index contributed by atoms with van der Waals surface area (Å²) in [7, 11) is 0. The number of pyridine rings is 1. The fourth-order valence-electron chi connectivity index (χ4n) is 0.733. The Hall–Kier alpha value is -0.890. The Morgan fingerprint density at radius 1 is 1.60 bits per heavy atom. The largest absolute Gasteiger partial charge is 0.326 e. The first-order chi connectivity index (χ1) is 4.34. The second-order valence-corrected chi connectivity index (χ2v) is 1.95. The first-order valence-electron chi connectivity index (χ1n) is 2.95. The van der Waals surface area contributed by atoms with Crippen LogP contribution in [0.5, 0.6) is 0 Å². The van der Waals surface area contributed by atoms with E-state index in [0.29, 0.717) is 6.54 Å². The van der Waals surface area contributed by atoms with Gasteiger partial charge < -0.3 is 5.73 Å². The Kier molecular flexibility index (Phi) is 3.65. The molecule has 1 aromatic rings. The van der Waals surface area contributed by atoms with Gasteiger partial charge in [-0.15, -0.1) is 0 Å². The Morgan fingerprint density at radius 3 is 2.70 bits per heavy atom. The average Bonchev–Trinajstić information content (AvgIpc) is 1.89. The minimum atomic E-state index is 0. The van der Waals surface area contributed by atoms with E-state index in [1.54, 1.807) is 6.20 Å². The highest BCUT2D eigenvalue weighted by molar-refractivity contribution is 5.17. The third-order valence-electron chi connectivity index (χ3n) is 1.34. The van der Waals surface area contributed by atoms with Crippen molar-refractivity contribution in [1.29, 1.82) is 0 Å². The molecule has 0 saturated carbocycles. The molecule has 0 aliphatic heterocycles. The van der Waals surface area contributed by atoms with Gasteiger partial charge in [0.1, 0.15) is 0 Å². The zero-order valence-electron chi connectivity index (χ0n) is 5.46. The van der Waals surface area contributed by atoms with Gasteiger partial charge in [0.25, 0.3) is 0 Å². The quantitative estimate of drug-likeness (QED) is 0.638. The summed E-state index contributed by atoms with van der Waals surface area (Å²) in [5.74, 6) is 0. The number of nitrogens with zero attached hydrogens (tertiary/aromatic N) is 1. The molecule has 1 heterocycles. The predicted molar refractivity (Wildman–Crippen MR) is 43.6 cm³/mol. The molecule has 1 rings (SSSR count). The number of aromatic nitrogens is 1. The number of hydrogen-bond acceptors (Lipinski definition) is 2. The predicted octanol–water partition coefficient (Wildman–Crippen LogP) is 1.48. The van der Waals surface area contributed by atoms with E-state index in [2.05, 4.69) is 4.98 Å². The molecule has 0 atom stereocenters. The first kappa shape index (κ1) is 9.11. The fourth-order valence-corrected chi connectivity index (χ4v) is 0.733. The summed E-state index contributed by atoms with van der Waals surface area (Å²) >= 11 is 0. The van der Waals surface area contributed by atoms with Gasteiger partial charge in [-0.25, -0.2) is 0 Å². The number of nitrogens with two attached hydrogens (primary N) is 1. The summed E-state index contributed by atoms with van der Waals surface area (Å²) in [5, 5.41) is 0. The van der Waals surface area contributed by atoms with Gasteiger partial charge in [-0.1, -0.05) is 13.5 Å². The molecular weight excluding hydrogens is 124 g/mol. The molecule has 0 aromatic carbocycles. The molecule has 0 saturated heterocycles. The van der Waals surface area contributed by atoms with Crippen LogP contribution in [0, 0.1) is 6.92 Å². The summed E-state index contributed by atoms with van der Waals surface area (Å²) in [6.07, 6.45) is 1.77. The number of aryl methyl sites for hydroxylation is 1. The number of rotatable bonds is 1. The van der Waals surface area contributed by atoms with Gasteiger partial charge in [0.2, 0.25) is 0 Å². The third-order valence-corrected chi connectivity index (χ3v) is 1.34. The summed E-state index contributed by atoms with van der Waals surface area (Å²) in [6.45, 7) is 2.54. The molecule has 2 nitrogen and oxygen atoms in total. The van der Waals surface area contributed by atoms with Crippen molar-refractivity contribution in [3.63, 3.8) is 0 Å². The van der Waals surface area contributed by atoms with Crippen LogP contribution in [0.15, 0.2) is 18.3 Å². The van der Waals surface area contributed by atoms with Crippen molar-refractivity contribution in [1.82, 2.24) is 4.98 Å². The molecule has 2 N–H and O–H groups in total. The highest BCUT2D eigenvalue weighted by Crippen LogP contribution is 2.00. The lowest BCUT2D eigenvalue weighted by atomic mass is 10.2. The number of hydrogen-bond donors (Lipinski definition) is 1. The third kappa shape index (κ3) is 1.81. The molecule has 1 aromatic heterocycles. The summed E-state index contributed by atoms with van der Waals surface area (Å²) in [6, 6.07) is 3.89. The molecule has 0 amide bonds. The molecule has 0 unspecified atom stereocenters. The van der Waals surface area contributed by atoms with E-state index in [-0.39, 0.29) is 7.43 Å². The molecule has 0 spiro atoms. The molecule has 0 radical (unpaired) electrons. The van der Waals surface area contributed by atoms with Crippen LogP contribution in [0.1, 0.15) is 18.7 Å². The maximum atomic E-state index is 5.41. The smallest absolute Gasteiger partial charge is 0.0417 e. The average molecular weight is 138 g/mol. The van der Waals surface area contributed by atoms with E-state index in [9.17, 15) is 0 Å². The molecule has 56 valence electrons. The Bertz CT molecular complexity index is 196. The Labute approximate surface area is 62.1 Å². The van der Waals surface area contributed by atoms with Crippen molar-refractivity contribution >= 4 is 0 Å². The van der Waals surface area contributed by atoms with Gasteiger partial charge in [-0.3, -0.25) is 4.98 Å². The molecule has 0 aliphatic carbocycles. The van der Waals surface area contributed by atoms with Crippen LogP contribution < -0.4 is 5.73 Å². The van der Waals surface area contributed by atoms with E-state index < -0.39 is 0 Å². The van der Waals surface area contributed by atoms with Crippen LogP contribution in [-0.4, -0.2) is 4.98 Å². The van der Waals surface area contributed by atoms with Gasteiger partial charge in [0, 0.05) is 18.4 Å². The van der Waals surface area contributed by atoms with Crippen molar-refractivity contribution in [3.8, 4) is 0 Å². The second-order valence-electron chi connectivity index (χ2n) is 1.95. The minimum absolute atomic E-state index is 0. The van der Waals surface area contributed by atoms with E-state index in [1.165, 1.54) is 0 Å². The molecule has 0 aliphatic rings. The van der Waals surface area contributed by atoms with Gasteiger partial charge in [0.05, 0.1) is 0 Å². The highest BCUT2D eigenvalue weighted by Gasteiger charge is 1.91. The second kappa shape index (κ2) is 4.01. The Balaban J connectivity index is 0.000000810. The fraction of sp³-hybridized carbons (Fsp3) is 0.375. The van der Waals surface area contributed by atoms with Gasteiger partial charge in [-0.2, -0.15) is 0 Å². The lowest BCUT2D eigenvalue weighted by Crippen LogP contribution is -1.99. The SMILES string of the molecule is C.Cc1ncccc1CN. The topological polar surface area (TPSA) is 38.9 Å². The molecule has 2 heteroatoms.